The fourth-order valence-electron chi connectivity index (χ4n) is 0.895. The molecule has 0 fully saturated rings. The van der Waals surface area contributed by atoms with Crippen LogP contribution >= 0.6 is 0 Å². The lowest BCUT2D eigenvalue weighted by Crippen LogP contribution is -2.12. The van der Waals surface area contributed by atoms with Crippen molar-refractivity contribution < 1.29 is 14.4 Å². The van der Waals surface area contributed by atoms with Gasteiger partial charge in [-0.25, -0.2) is 4.79 Å². The fourth-order valence-corrected chi connectivity index (χ4v) is 0.895. The highest BCUT2D eigenvalue weighted by molar-refractivity contribution is 5.83. The molecule has 0 aliphatic carbocycles. The zero-order valence-electron chi connectivity index (χ0n) is 9.05. The molecule has 0 spiro atoms. The van der Waals surface area contributed by atoms with Gasteiger partial charge in [0.1, 0.15) is 6.61 Å². The molecule has 0 aliphatic heterocycles. The first kappa shape index (κ1) is 12.2. The summed E-state index contributed by atoms with van der Waals surface area (Å²) >= 11 is 0. The minimum Gasteiger partial charge on any atom is -0.428 e. The molecule has 0 radical (unpaired) electrons. The zero-order valence-corrected chi connectivity index (χ0v) is 9.05. The quantitative estimate of drug-likeness (QED) is 0.364. The Balaban J connectivity index is 2.31. The first-order valence-electron chi connectivity index (χ1n) is 4.83. The maximum atomic E-state index is 11.0. The first-order chi connectivity index (χ1) is 7.72. The molecule has 1 aromatic carbocycles. The number of hydrogen-bond donors (Lipinski definition) is 1. The first-order valence-corrected chi connectivity index (χ1v) is 4.83. The SMILES string of the molecule is CC(CN)=NOC(=O)OCc1ccccc1. The van der Waals surface area contributed by atoms with Gasteiger partial charge in [-0.1, -0.05) is 35.5 Å². The topological polar surface area (TPSA) is 73.9 Å². The van der Waals surface area contributed by atoms with Gasteiger partial charge in [-0.05, 0) is 12.5 Å². The van der Waals surface area contributed by atoms with Crippen LogP contribution in [0.5, 0.6) is 0 Å². The van der Waals surface area contributed by atoms with Gasteiger partial charge < -0.3 is 10.5 Å². The van der Waals surface area contributed by atoms with Crippen molar-refractivity contribution in [1.29, 1.82) is 0 Å². The van der Waals surface area contributed by atoms with Crippen LogP contribution in [0.15, 0.2) is 35.5 Å². The molecule has 16 heavy (non-hydrogen) atoms. The molecule has 5 heteroatoms. The van der Waals surface area contributed by atoms with Crippen LogP contribution in [0.1, 0.15) is 12.5 Å². The fraction of sp³-hybridized carbons (Fsp3) is 0.273. The molecule has 1 rings (SSSR count). The van der Waals surface area contributed by atoms with Gasteiger partial charge in [0.25, 0.3) is 0 Å². The lowest BCUT2D eigenvalue weighted by Gasteiger charge is -2.02. The molecule has 0 amide bonds. The molecule has 0 heterocycles. The van der Waals surface area contributed by atoms with E-state index in [-0.39, 0.29) is 13.2 Å². The van der Waals surface area contributed by atoms with Crippen LogP contribution in [-0.2, 0) is 16.2 Å². The number of hydrogen-bond acceptors (Lipinski definition) is 5. The van der Waals surface area contributed by atoms with E-state index in [2.05, 4.69) is 9.99 Å². The number of rotatable bonds is 4. The molecule has 2 N–H and O–H groups in total. The Kier molecular flexibility index (Phi) is 5.01. The Hall–Kier alpha value is -1.88. The summed E-state index contributed by atoms with van der Waals surface area (Å²) in [5.74, 6) is 0. The van der Waals surface area contributed by atoms with Gasteiger partial charge in [0.15, 0.2) is 0 Å². The molecule has 0 aromatic heterocycles. The van der Waals surface area contributed by atoms with Crippen molar-refractivity contribution in [2.45, 2.75) is 13.5 Å². The third kappa shape index (κ3) is 4.56. The summed E-state index contributed by atoms with van der Waals surface area (Å²) in [4.78, 5) is 15.5. The highest BCUT2D eigenvalue weighted by Gasteiger charge is 2.03. The third-order valence-corrected chi connectivity index (χ3v) is 1.77. The molecule has 86 valence electrons. The van der Waals surface area contributed by atoms with E-state index in [1.807, 2.05) is 30.3 Å². The lowest BCUT2D eigenvalue weighted by atomic mass is 10.2. The Morgan fingerprint density at radius 3 is 2.69 bits per heavy atom. The second-order valence-corrected chi connectivity index (χ2v) is 3.15. The van der Waals surface area contributed by atoms with E-state index < -0.39 is 6.16 Å². The monoisotopic (exact) mass is 222 g/mol. The van der Waals surface area contributed by atoms with E-state index >= 15 is 0 Å². The highest BCUT2D eigenvalue weighted by Crippen LogP contribution is 2.01. The highest BCUT2D eigenvalue weighted by atomic mass is 16.8. The summed E-state index contributed by atoms with van der Waals surface area (Å²) < 4.78 is 4.81. The van der Waals surface area contributed by atoms with Crippen molar-refractivity contribution >= 4 is 11.9 Å². The van der Waals surface area contributed by atoms with E-state index in [1.165, 1.54) is 0 Å². The second kappa shape index (κ2) is 6.58. The molecule has 0 unspecified atom stereocenters. The molecule has 0 saturated heterocycles. The van der Waals surface area contributed by atoms with Crippen LogP contribution in [-0.4, -0.2) is 18.4 Å². The van der Waals surface area contributed by atoms with Crippen molar-refractivity contribution in [2.75, 3.05) is 6.54 Å². The molecule has 0 aliphatic rings. The minimum absolute atomic E-state index is 0.164. The Labute approximate surface area is 93.8 Å². The van der Waals surface area contributed by atoms with Crippen molar-refractivity contribution in [2.24, 2.45) is 10.9 Å². The Morgan fingerprint density at radius 2 is 2.06 bits per heavy atom. The van der Waals surface area contributed by atoms with Crippen LogP contribution < -0.4 is 5.73 Å². The van der Waals surface area contributed by atoms with Crippen molar-refractivity contribution in [3.63, 3.8) is 0 Å². The number of ether oxygens (including phenoxy) is 1. The predicted molar refractivity (Wildman–Crippen MR) is 59.9 cm³/mol. The summed E-state index contributed by atoms with van der Waals surface area (Å²) in [6.45, 7) is 2.06. The van der Waals surface area contributed by atoms with Gasteiger partial charge in [-0.2, -0.15) is 0 Å². The minimum atomic E-state index is -0.836. The van der Waals surface area contributed by atoms with E-state index in [1.54, 1.807) is 6.92 Å². The smallest absolute Gasteiger partial charge is 0.428 e. The average molecular weight is 222 g/mol. The molecule has 0 saturated carbocycles. The molecule has 0 bridgehead atoms. The lowest BCUT2D eigenvalue weighted by molar-refractivity contribution is 0.0518. The van der Waals surface area contributed by atoms with Crippen LogP contribution in [0.25, 0.3) is 0 Å². The van der Waals surface area contributed by atoms with Gasteiger partial charge in [-0.3, -0.25) is 4.84 Å². The zero-order chi connectivity index (χ0) is 11.8. The second-order valence-electron chi connectivity index (χ2n) is 3.15. The number of carbonyl (C=O) groups is 1. The summed E-state index contributed by atoms with van der Waals surface area (Å²) in [7, 11) is 0. The van der Waals surface area contributed by atoms with E-state index in [9.17, 15) is 4.79 Å². The van der Waals surface area contributed by atoms with Crippen LogP contribution in [0.2, 0.25) is 0 Å². The maximum Gasteiger partial charge on any atom is 0.535 e. The Morgan fingerprint density at radius 1 is 1.38 bits per heavy atom. The van der Waals surface area contributed by atoms with Crippen molar-refractivity contribution in [3.05, 3.63) is 35.9 Å². The summed E-state index contributed by atoms with van der Waals surface area (Å²) in [5, 5.41) is 3.47. The number of oxime groups is 1. The predicted octanol–water partition coefficient (Wildman–Crippen LogP) is 1.67. The third-order valence-electron chi connectivity index (χ3n) is 1.77. The Bertz CT molecular complexity index is 363. The van der Waals surface area contributed by atoms with Gasteiger partial charge in [0.2, 0.25) is 0 Å². The van der Waals surface area contributed by atoms with E-state index in [0.717, 1.165) is 5.56 Å². The van der Waals surface area contributed by atoms with Gasteiger partial charge in [0.05, 0.1) is 5.71 Å². The number of nitrogens with zero attached hydrogens (tertiary/aromatic N) is 1. The van der Waals surface area contributed by atoms with Gasteiger partial charge in [0, 0.05) is 6.54 Å². The summed E-state index contributed by atoms with van der Waals surface area (Å²) in [5.41, 5.74) is 6.67. The van der Waals surface area contributed by atoms with E-state index in [0.29, 0.717) is 5.71 Å². The average Bonchev–Trinajstić information content (AvgIpc) is 2.34. The normalized spacial score (nSPS) is 11.0. The van der Waals surface area contributed by atoms with Crippen LogP contribution in [0, 0.1) is 0 Å². The molecule has 0 atom stereocenters. The van der Waals surface area contributed by atoms with Crippen molar-refractivity contribution in [1.82, 2.24) is 0 Å². The number of benzene rings is 1. The van der Waals surface area contributed by atoms with E-state index in [4.69, 9.17) is 10.5 Å². The van der Waals surface area contributed by atoms with Crippen LogP contribution in [0.3, 0.4) is 0 Å². The molecular formula is C11H14N2O3. The molecule has 5 nitrogen and oxygen atoms in total. The number of carbonyl (C=O) groups excluding carboxylic acids is 1. The van der Waals surface area contributed by atoms with Gasteiger partial charge >= 0.3 is 6.16 Å². The largest absolute Gasteiger partial charge is 0.535 e. The standard InChI is InChI=1S/C11H14N2O3/c1-9(7-12)13-16-11(14)15-8-10-5-3-2-4-6-10/h2-6H,7-8,12H2,1H3. The van der Waals surface area contributed by atoms with Gasteiger partial charge in [-0.15, -0.1) is 0 Å². The van der Waals surface area contributed by atoms with Crippen molar-refractivity contribution in [3.8, 4) is 0 Å². The molecular weight excluding hydrogens is 208 g/mol. The maximum absolute atomic E-state index is 11.0. The number of nitrogens with two attached hydrogens (primary N) is 1. The van der Waals surface area contributed by atoms with Crippen LogP contribution in [0.4, 0.5) is 4.79 Å². The summed E-state index contributed by atoms with van der Waals surface area (Å²) in [6.07, 6.45) is -0.836. The summed E-state index contributed by atoms with van der Waals surface area (Å²) in [6, 6.07) is 9.31. The molecule has 1 aromatic rings.